The van der Waals surface area contributed by atoms with Gasteiger partial charge in [0.1, 0.15) is 5.69 Å². The highest BCUT2D eigenvalue weighted by Crippen LogP contribution is 2.29. The quantitative estimate of drug-likeness (QED) is 0.821. The molecule has 1 aromatic heterocycles. The van der Waals surface area contributed by atoms with Crippen LogP contribution in [0, 0.1) is 0 Å². The molecule has 0 unspecified atom stereocenters. The molecule has 28 heavy (non-hydrogen) atoms. The van der Waals surface area contributed by atoms with E-state index in [1.54, 1.807) is 0 Å². The summed E-state index contributed by atoms with van der Waals surface area (Å²) in [5.41, 5.74) is 1.73. The van der Waals surface area contributed by atoms with Gasteiger partial charge in [-0.3, -0.25) is 9.78 Å². The van der Waals surface area contributed by atoms with Crippen molar-refractivity contribution >= 4 is 11.6 Å². The van der Waals surface area contributed by atoms with E-state index in [1.165, 1.54) is 12.3 Å². The Kier molecular flexibility index (Phi) is 5.88. The van der Waals surface area contributed by atoms with Crippen molar-refractivity contribution in [3.63, 3.8) is 0 Å². The molecule has 3 rings (SSSR count). The van der Waals surface area contributed by atoms with E-state index in [-0.39, 0.29) is 24.3 Å². The molecule has 0 aliphatic carbocycles. The number of halogens is 3. The number of carbonyl (C=O) groups is 1. The van der Waals surface area contributed by atoms with E-state index in [9.17, 15) is 18.0 Å². The molecule has 1 fully saturated rings. The molecule has 2 aromatic rings. The lowest BCUT2D eigenvalue weighted by Crippen LogP contribution is -2.40. The monoisotopic (exact) mass is 392 g/mol. The molecule has 1 aromatic carbocycles. The van der Waals surface area contributed by atoms with E-state index >= 15 is 0 Å². The van der Waals surface area contributed by atoms with Crippen molar-refractivity contribution in [1.82, 2.24) is 15.6 Å². The second-order valence-corrected chi connectivity index (χ2v) is 7.15. The fraction of sp³-hybridized carbons (Fsp3) is 0.400. The Morgan fingerprint density at radius 1 is 1.18 bits per heavy atom. The van der Waals surface area contributed by atoms with Gasteiger partial charge in [-0.15, -0.1) is 0 Å². The van der Waals surface area contributed by atoms with Gasteiger partial charge in [0.25, 0.3) is 0 Å². The Morgan fingerprint density at radius 3 is 2.46 bits per heavy atom. The maximum Gasteiger partial charge on any atom is 0.433 e. The lowest BCUT2D eigenvalue weighted by atomic mass is 9.95. The fourth-order valence-corrected chi connectivity index (χ4v) is 3.33. The SMILES string of the molecule is CN(C)c1ccc(CC(=O)N[C@H]2CNC[C@@H]2c2ccc(C(F)(F)F)nc2)cc1. The number of rotatable bonds is 5. The van der Waals surface area contributed by atoms with Gasteiger partial charge in [-0.25, -0.2) is 0 Å². The molecule has 2 heterocycles. The first-order valence-corrected chi connectivity index (χ1v) is 9.03. The minimum Gasteiger partial charge on any atom is -0.378 e. The van der Waals surface area contributed by atoms with Gasteiger partial charge in [0.05, 0.1) is 6.42 Å². The highest BCUT2D eigenvalue weighted by Gasteiger charge is 2.34. The van der Waals surface area contributed by atoms with Crippen molar-refractivity contribution in [2.45, 2.75) is 24.6 Å². The summed E-state index contributed by atoms with van der Waals surface area (Å²) in [7, 11) is 3.90. The van der Waals surface area contributed by atoms with Crippen LogP contribution in [0.3, 0.4) is 0 Å². The predicted octanol–water partition coefficient (Wildman–Crippen LogP) is 2.58. The lowest BCUT2D eigenvalue weighted by molar-refractivity contribution is -0.141. The normalized spacial score (nSPS) is 19.5. The molecule has 0 radical (unpaired) electrons. The van der Waals surface area contributed by atoms with Crippen LogP contribution in [0.4, 0.5) is 18.9 Å². The van der Waals surface area contributed by atoms with Gasteiger partial charge in [0, 0.05) is 51.0 Å². The number of benzene rings is 1. The summed E-state index contributed by atoms with van der Waals surface area (Å²) in [6.07, 6.45) is -2.95. The van der Waals surface area contributed by atoms with Crippen LogP contribution < -0.4 is 15.5 Å². The molecule has 1 saturated heterocycles. The molecule has 0 saturated carbocycles. The van der Waals surface area contributed by atoms with E-state index in [0.717, 1.165) is 17.3 Å². The second kappa shape index (κ2) is 8.18. The van der Waals surface area contributed by atoms with Crippen molar-refractivity contribution < 1.29 is 18.0 Å². The molecule has 1 aliphatic rings. The highest BCUT2D eigenvalue weighted by atomic mass is 19.4. The topological polar surface area (TPSA) is 57.3 Å². The number of amides is 1. The molecule has 8 heteroatoms. The minimum absolute atomic E-state index is 0.115. The summed E-state index contributed by atoms with van der Waals surface area (Å²) in [5.74, 6) is -0.231. The first-order valence-electron chi connectivity index (χ1n) is 9.03. The Labute approximate surface area is 162 Å². The van der Waals surface area contributed by atoms with E-state index in [0.29, 0.717) is 18.7 Å². The number of hydrogen-bond donors (Lipinski definition) is 2. The third kappa shape index (κ3) is 4.81. The number of carbonyl (C=O) groups excluding carboxylic acids is 1. The van der Waals surface area contributed by atoms with Gasteiger partial charge in [0.15, 0.2) is 0 Å². The number of nitrogens with zero attached hydrogens (tertiary/aromatic N) is 2. The average molecular weight is 392 g/mol. The van der Waals surface area contributed by atoms with Crippen LogP contribution in [-0.2, 0) is 17.4 Å². The molecule has 2 N–H and O–H groups in total. The zero-order valence-electron chi connectivity index (χ0n) is 15.8. The van der Waals surface area contributed by atoms with Crippen LogP contribution in [0.5, 0.6) is 0 Å². The van der Waals surface area contributed by atoms with Crippen LogP contribution in [0.1, 0.15) is 22.7 Å². The van der Waals surface area contributed by atoms with Gasteiger partial charge in [0.2, 0.25) is 5.91 Å². The van der Waals surface area contributed by atoms with E-state index in [2.05, 4.69) is 15.6 Å². The van der Waals surface area contributed by atoms with Gasteiger partial charge in [-0.1, -0.05) is 18.2 Å². The number of nitrogens with one attached hydrogen (secondary N) is 2. The first kappa shape index (κ1) is 20.1. The van der Waals surface area contributed by atoms with E-state index < -0.39 is 11.9 Å². The van der Waals surface area contributed by atoms with Crippen LogP contribution in [0.15, 0.2) is 42.6 Å². The summed E-state index contributed by atoms with van der Waals surface area (Å²) in [6, 6.07) is 9.98. The van der Waals surface area contributed by atoms with Gasteiger partial charge in [-0.2, -0.15) is 13.2 Å². The van der Waals surface area contributed by atoms with Gasteiger partial charge in [-0.05, 0) is 29.3 Å². The Hall–Kier alpha value is -2.61. The number of hydrogen-bond acceptors (Lipinski definition) is 4. The number of anilines is 1. The zero-order valence-corrected chi connectivity index (χ0v) is 15.8. The van der Waals surface area contributed by atoms with Crippen molar-refractivity contribution in [2.75, 3.05) is 32.1 Å². The summed E-state index contributed by atoms with van der Waals surface area (Å²) < 4.78 is 38.1. The number of aromatic nitrogens is 1. The predicted molar refractivity (Wildman–Crippen MR) is 101 cm³/mol. The maximum atomic E-state index is 12.7. The molecule has 1 amide bonds. The van der Waals surface area contributed by atoms with Crippen LogP contribution in [0.25, 0.3) is 0 Å². The van der Waals surface area contributed by atoms with Crippen LogP contribution >= 0.6 is 0 Å². The Bertz CT molecular complexity index is 804. The molecule has 150 valence electrons. The molecule has 0 spiro atoms. The number of alkyl halides is 3. The van der Waals surface area contributed by atoms with E-state index in [1.807, 2.05) is 43.3 Å². The maximum absolute atomic E-state index is 12.7. The first-order chi connectivity index (χ1) is 13.2. The van der Waals surface area contributed by atoms with Crippen molar-refractivity contribution in [1.29, 1.82) is 0 Å². The molecule has 1 aliphatic heterocycles. The smallest absolute Gasteiger partial charge is 0.378 e. The summed E-state index contributed by atoms with van der Waals surface area (Å²) >= 11 is 0. The van der Waals surface area contributed by atoms with E-state index in [4.69, 9.17) is 0 Å². The minimum atomic E-state index is -4.46. The zero-order chi connectivity index (χ0) is 20.3. The molecule has 0 bridgehead atoms. The summed E-state index contributed by atoms with van der Waals surface area (Å²) in [6.45, 7) is 1.15. The second-order valence-electron chi connectivity index (χ2n) is 7.15. The largest absolute Gasteiger partial charge is 0.433 e. The van der Waals surface area contributed by atoms with Gasteiger partial charge >= 0.3 is 6.18 Å². The lowest BCUT2D eigenvalue weighted by Gasteiger charge is -2.21. The summed E-state index contributed by atoms with van der Waals surface area (Å²) in [5, 5.41) is 6.18. The van der Waals surface area contributed by atoms with Crippen LogP contribution in [-0.4, -0.2) is 44.1 Å². The fourth-order valence-electron chi connectivity index (χ4n) is 3.33. The van der Waals surface area contributed by atoms with Crippen LogP contribution in [0.2, 0.25) is 0 Å². The molecular formula is C20H23F3N4O. The van der Waals surface area contributed by atoms with Crippen molar-refractivity contribution in [3.8, 4) is 0 Å². The Morgan fingerprint density at radius 2 is 1.89 bits per heavy atom. The highest BCUT2D eigenvalue weighted by molar-refractivity contribution is 5.79. The van der Waals surface area contributed by atoms with Crippen molar-refractivity contribution in [3.05, 3.63) is 59.4 Å². The third-order valence-corrected chi connectivity index (χ3v) is 4.88. The molecule has 5 nitrogen and oxygen atoms in total. The third-order valence-electron chi connectivity index (χ3n) is 4.88. The van der Waals surface area contributed by atoms with Crippen molar-refractivity contribution in [2.24, 2.45) is 0 Å². The summed E-state index contributed by atoms with van der Waals surface area (Å²) in [4.78, 5) is 17.9. The number of pyridine rings is 1. The Balaban J connectivity index is 1.62. The standard InChI is InChI=1S/C20H23F3N4O/c1-27(2)15-6-3-13(4-7-15)9-19(28)26-17-12-24-11-16(17)14-5-8-18(25-10-14)20(21,22)23/h3-8,10,16-17,24H,9,11-12H2,1-2H3,(H,26,28)/t16-,17+/m1/s1. The molecule has 2 atom stereocenters. The average Bonchev–Trinajstić information content (AvgIpc) is 3.09. The molecular weight excluding hydrogens is 369 g/mol. The van der Waals surface area contributed by atoms with Gasteiger partial charge < -0.3 is 15.5 Å².